The fraction of sp³-hybridized carbons (Fsp3) is 0.231. The maximum atomic E-state index is 11.6. The normalized spacial score (nSPS) is 10.4. The van der Waals surface area contributed by atoms with Crippen molar-refractivity contribution >= 4 is 0 Å². The van der Waals surface area contributed by atoms with E-state index in [1.807, 2.05) is 24.3 Å². The zero-order chi connectivity index (χ0) is 13.1. The lowest BCUT2D eigenvalue weighted by Crippen LogP contribution is -2.21. The summed E-state index contributed by atoms with van der Waals surface area (Å²) in [4.78, 5) is 11.6. The molecule has 0 bridgehead atoms. The van der Waals surface area contributed by atoms with Crippen LogP contribution in [0, 0.1) is 0 Å². The minimum absolute atomic E-state index is 0.172. The summed E-state index contributed by atoms with van der Waals surface area (Å²) in [7, 11) is 3.21. The van der Waals surface area contributed by atoms with Crippen LogP contribution in [0.25, 0.3) is 11.3 Å². The highest BCUT2D eigenvalue weighted by atomic mass is 16.5. The lowest BCUT2D eigenvalue weighted by molar-refractivity contribution is 0.416. The van der Waals surface area contributed by atoms with Gasteiger partial charge in [-0.1, -0.05) is 12.1 Å². The highest BCUT2D eigenvalue weighted by Gasteiger charge is 2.12. The Morgan fingerprint density at radius 2 is 2.11 bits per heavy atom. The van der Waals surface area contributed by atoms with Gasteiger partial charge in [-0.25, -0.2) is 4.68 Å². The Labute approximate surface area is 105 Å². The number of hydrogen-bond acceptors (Lipinski definition) is 4. The molecule has 0 aliphatic heterocycles. The topological polar surface area (TPSA) is 70.1 Å². The molecule has 0 aliphatic rings. The summed E-state index contributed by atoms with van der Waals surface area (Å²) in [6, 6.07) is 9.03. The fourth-order valence-electron chi connectivity index (χ4n) is 1.80. The maximum absolute atomic E-state index is 11.6. The Hall–Kier alpha value is -2.14. The molecule has 1 heterocycles. The van der Waals surface area contributed by atoms with Crippen molar-refractivity contribution in [3.63, 3.8) is 0 Å². The molecule has 0 radical (unpaired) electrons. The van der Waals surface area contributed by atoms with Gasteiger partial charge in [-0.3, -0.25) is 4.79 Å². The number of methoxy groups -OCH3 is 1. The Bertz CT molecular complexity index is 620. The van der Waals surface area contributed by atoms with Crippen LogP contribution in [0.5, 0.6) is 5.75 Å². The molecule has 0 fully saturated rings. The molecule has 2 N–H and O–H groups in total. The van der Waals surface area contributed by atoms with Crippen molar-refractivity contribution in [3.05, 3.63) is 46.2 Å². The van der Waals surface area contributed by atoms with Crippen molar-refractivity contribution in [2.45, 2.75) is 6.54 Å². The molecule has 1 aromatic heterocycles. The SMILES string of the molecule is COc1ccccc1-c1nn(C)c(=O)cc1CN. The van der Waals surface area contributed by atoms with Crippen LogP contribution in [0.3, 0.4) is 0 Å². The molecule has 2 aromatic rings. The fourth-order valence-corrected chi connectivity index (χ4v) is 1.80. The van der Waals surface area contributed by atoms with Gasteiger partial charge < -0.3 is 10.5 Å². The standard InChI is InChI=1S/C13H15N3O2/c1-16-12(17)7-9(8-14)13(15-16)10-5-3-4-6-11(10)18-2/h3-7H,8,14H2,1-2H3. The first-order valence-corrected chi connectivity index (χ1v) is 5.58. The molecule has 2 rings (SSSR count). The van der Waals surface area contributed by atoms with Gasteiger partial charge in [0.25, 0.3) is 5.56 Å². The first-order valence-electron chi connectivity index (χ1n) is 5.58. The summed E-state index contributed by atoms with van der Waals surface area (Å²) < 4.78 is 6.59. The molecule has 0 unspecified atom stereocenters. The van der Waals surface area contributed by atoms with Crippen LogP contribution in [0.2, 0.25) is 0 Å². The summed E-state index contributed by atoms with van der Waals surface area (Å²) in [5.74, 6) is 0.707. The van der Waals surface area contributed by atoms with E-state index in [9.17, 15) is 4.79 Å². The lowest BCUT2D eigenvalue weighted by atomic mass is 10.1. The van der Waals surface area contributed by atoms with E-state index in [4.69, 9.17) is 10.5 Å². The largest absolute Gasteiger partial charge is 0.496 e. The van der Waals surface area contributed by atoms with E-state index in [0.29, 0.717) is 17.0 Å². The quantitative estimate of drug-likeness (QED) is 0.872. The Morgan fingerprint density at radius 1 is 1.39 bits per heavy atom. The van der Waals surface area contributed by atoms with Gasteiger partial charge in [0.2, 0.25) is 0 Å². The monoisotopic (exact) mass is 245 g/mol. The first kappa shape index (κ1) is 12.3. The second-order valence-corrected chi connectivity index (χ2v) is 3.88. The number of aromatic nitrogens is 2. The van der Waals surface area contributed by atoms with Crippen molar-refractivity contribution in [2.24, 2.45) is 12.8 Å². The predicted molar refractivity (Wildman–Crippen MR) is 69.4 cm³/mol. The van der Waals surface area contributed by atoms with Crippen molar-refractivity contribution in [3.8, 4) is 17.0 Å². The second-order valence-electron chi connectivity index (χ2n) is 3.88. The zero-order valence-electron chi connectivity index (χ0n) is 10.4. The average molecular weight is 245 g/mol. The smallest absolute Gasteiger partial charge is 0.266 e. The molecule has 5 nitrogen and oxygen atoms in total. The van der Waals surface area contributed by atoms with E-state index in [2.05, 4.69) is 5.10 Å². The van der Waals surface area contributed by atoms with Gasteiger partial charge in [-0.2, -0.15) is 5.10 Å². The van der Waals surface area contributed by atoms with Crippen LogP contribution in [-0.2, 0) is 13.6 Å². The van der Waals surface area contributed by atoms with Crippen LogP contribution in [0.15, 0.2) is 35.1 Å². The molecule has 0 saturated carbocycles. The van der Waals surface area contributed by atoms with Gasteiger partial charge >= 0.3 is 0 Å². The number of hydrogen-bond donors (Lipinski definition) is 1. The molecule has 5 heteroatoms. The van der Waals surface area contributed by atoms with E-state index in [-0.39, 0.29) is 12.1 Å². The molecular formula is C13H15N3O2. The van der Waals surface area contributed by atoms with Gasteiger partial charge in [0.1, 0.15) is 5.75 Å². The number of nitrogens with two attached hydrogens (primary N) is 1. The van der Waals surface area contributed by atoms with Gasteiger partial charge in [0.05, 0.1) is 12.8 Å². The number of para-hydroxylation sites is 1. The van der Waals surface area contributed by atoms with E-state index in [1.54, 1.807) is 14.2 Å². The first-order chi connectivity index (χ1) is 8.67. The van der Waals surface area contributed by atoms with Gasteiger partial charge in [0.15, 0.2) is 0 Å². The van der Waals surface area contributed by atoms with Crippen LogP contribution >= 0.6 is 0 Å². The number of benzene rings is 1. The van der Waals surface area contributed by atoms with Crippen molar-refractivity contribution in [1.29, 1.82) is 0 Å². The third-order valence-electron chi connectivity index (χ3n) is 2.75. The number of aryl methyl sites for hydroxylation is 1. The molecule has 0 saturated heterocycles. The maximum Gasteiger partial charge on any atom is 0.266 e. The van der Waals surface area contributed by atoms with Crippen molar-refractivity contribution in [2.75, 3.05) is 7.11 Å². The molecular weight excluding hydrogens is 230 g/mol. The number of rotatable bonds is 3. The van der Waals surface area contributed by atoms with E-state index in [1.165, 1.54) is 10.7 Å². The minimum Gasteiger partial charge on any atom is -0.496 e. The Balaban J connectivity index is 2.70. The molecule has 0 atom stereocenters. The van der Waals surface area contributed by atoms with E-state index < -0.39 is 0 Å². The second kappa shape index (κ2) is 5.01. The van der Waals surface area contributed by atoms with Crippen molar-refractivity contribution < 1.29 is 4.74 Å². The van der Waals surface area contributed by atoms with Gasteiger partial charge in [0, 0.05) is 25.2 Å². The lowest BCUT2D eigenvalue weighted by Gasteiger charge is -2.11. The van der Waals surface area contributed by atoms with Crippen LogP contribution < -0.4 is 16.0 Å². The number of ether oxygens (including phenoxy) is 1. The average Bonchev–Trinajstić information content (AvgIpc) is 2.41. The number of nitrogens with zero attached hydrogens (tertiary/aromatic N) is 2. The highest BCUT2D eigenvalue weighted by Crippen LogP contribution is 2.29. The van der Waals surface area contributed by atoms with Crippen LogP contribution in [0.1, 0.15) is 5.56 Å². The summed E-state index contributed by atoms with van der Waals surface area (Å²) in [5.41, 5.74) is 7.72. The molecule has 18 heavy (non-hydrogen) atoms. The van der Waals surface area contributed by atoms with E-state index in [0.717, 1.165) is 5.56 Å². The van der Waals surface area contributed by atoms with Crippen LogP contribution in [0.4, 0.5) is 0 Å². The van der Waals surface area contributed by atoms with Crippen molar-refractivity contribution in [1.82, 2.24) is 9.78 Å². The van der Waals surface area contributed by atoms with Gasteiger partial charge in [-0.05, 0) is 17.7 Å². The molecule has 94 valence electrons. The van der Waals surface area contributed by atoms with Gasteiger partial charge in [-0.15, -0.1) is 0 Å². The summed E-state index contributed by atoms with van der Waals surface area (Å²) in [6.07, 6.45) is 0. The summed E-state index contributed by atoms with van der Waals surface area (Å²) >= 11 is 0. The zero-order valence-corrected chi connectivity index (χ0v) is 10.4. The molecule has 0 amide bonds. The third-order valence-corrected chi connectivity index (χ3v) is 2.75. The third kappa shape index (κ3) is 2.12. The van der Waals surface area contributed by atoms with Crippen LogP contribution in [-0.4, -0.2) is 16.9 Å². The molecule has 0 spiro atoms. The Kier molecular flexibility index (Phi) is 3.43. The minimum atomic E-state index is -0.172. The molecule has 1 aromatic carbocycles. The molecule has 0 aliphatic carbocycles. The highest BCUT2D eigenvalue weighted by molar-refractivity contribution is 5.69. The summed E-state index contributed by atoms with van der Waals surface area (Å²) in [5, 5.41) is 4.27. The summed E-state index contributed by atoms with van der Waals surface area (Å²) in [6.45, 7) is 0.260. The predicted octanol–water partition coefficient (Wildman–Crippen LogP) is 0.915. The van der Waals surface area contributed by atoms with E-state index >= 15 is 0 Å². The Morgan fingerprint density at radius 3 is 2.78 bits per heavy atom.